The first-order valence-corrected chi connectivity index (χ1v) is 4.78. The van der Waals surface area contributed by atoms with Gasteiger partial charge in [0.15, 0.2) is 0 Å². The van der Waals surface area contributed by atoms with E-state index in [1.54, 1.807) is 6.07 Å². The molecule has 1 rings (SSSR count). The van der Waals surface area contributed by atoms with E-state index in [1.807, 2.05) is 12.1 Å². The quantitative estimate of drug-likeness (QED) is 0.505. The third kappa shape index (κ3) is 3.01. The highest BCUT2D eigenvalue weighted by molar-refractivity contribution is 5.69. The maximum Gasteiger partial charge on any atom is 0.0568 e. The van der Waals surface area contributed by atoms with Gasteiger partial charge in [-0.3, -0.25) is 0 Å². The Balaban J connectivity index is 2.51. The van der Waals surface area contributed by atoms with Crippen molar-refractivity contribution in [2.45, 2.75) is 13.3 Å². The lowest BCUT2D eigenvalue weighted by atomic mass is 10.2. The molecule has 5 N–H and O–H groups in total. The molecule has 0 aliphatic rings. The molecule has 1 aromatic carbocycles. The summed E-state index contributed by atoms with van der Waals surface area (Å²) >= 11 is 0. The third-order valence-corrected chi connectivity index (χ3v) is 1.91. The van der Waals surface area contributed by atoms with Crippen molar-refractivity contribution >= 4 is 17.1 Å². The van der Waals surface area contributed by atoms with Crippen LogP contribution in [0.1, 0.15) is 13.3 Å². The summed E-state index contributed by atoms with van der Waals surface area (Å²) in [5.41, 5.74) is 13.5. The highest BCUT2D eigenvalue weighted by Gasteiger charge is 1.94. The van der Waals surface area contributed by atoms with Crippen LogP contribution in [-0.4, -0.2) is 6.54 Å². The van der Waals surface area contributed by atoms with Crippen molar-refractivity contribution in [3.05, 3.63) is 30.4 Å². The van der Waals surface area contributed by atoms with E-state index < -0.39 is 0 Å². The third-order valence-electron chi connectivity index (χ3n) is 1.91. The van der Waals surface area contributed by atoms with Crippen molar-refractivity contribution in [3.8, 4) is 0 Å². The van der Waals surface area contributed by atoms with Gasteiger partial charge in [-0.05, 0) is 24.6 Å². The predicted octanol–water partition coefficient (Wildman–Crippen LogP) is 2.23. The summed E-state index contributed by atoms with van der Waals surface area (Å²) in [4.78, 5) is 0. The van der Waals surface area contributed by atoms with Crippen LogP contribution in [0.3, 0.4) is 0 Å². The van der Waals surface area contributed by atoms with Gasteiger partial charge in [-0.1, -0.05) is 19.1 Å². The van der Waals surface area contributed by atoms with E-state index in [4.69, 9.17) is 11.5 Å². The van der Waals surface area contributed by atoms with Gasteiger partial charge in [-0.15, -0.1) is 0 Å². The van der Waals surface area contributed by atoms with E-state index in [1.165, 1.54) is 0 Å². The number of hydrogen-bond donors (Lipinski definition) is 3. The molecule has 14 heavy (non-hydrogen) atoms. The molecule has 0 fully saturated rings. The minimum absolute atomic E-state index is 0.620. The first-order chi connectivity index (χ1) is 6.74. The summed E-state index contributed by atoms with van der Waals surface area (Å²) in [6.07, 6.45) is 5.27. The predicted molar refractivity (Wildman–Crippen MR) is 63.2 cm³/mol. The molecule has 0 radical (unpaired) electrons. The highest BCUT2D eigenvalue weighted by Crippen LogP contribution is 2.19. The lowest BCUT2D eigenvalue weighted by molar-refractivity contribution is 1.20. The molecule has 0 saturated heterocycles. The average molecular weight is 191 g/mol. The molecular formula is C11H17N3. The Morgan fingerprint density at radius 3 is 2.64 bits per heavy atom. The number of allylic oxidation sites excluding steroid dienone is 1. The second kappa shape index (κ2) is 5.17. The van der Waals surface area contributed by atoms with Crippen molar-refractivity contribution in [3.63, 3.8) is 0 Å². The van der Waals surface area contributed by atoms with Crippen LogP contribution in [0.4, 0.5) is 17.1 Å². The van der Waals surface area contributed by atoms with Gasteiger partial charge in [0.2, 0.25) is 0 Å². The monoisotopic (exact) mass is 191 g/mol. The van der Waals surface area contributed by atoms with Gasteiger partial charge in [-0.25, -0.2) is 0 Å². The Bertz CT molecular complexity index is 318. The number of hydrogen-bond acceptors (Lipinski definition) is 3. The Morgan fingerprint density at radius 1 is 1.21 bits per heavy atom. The molecule has 76 valence electrons. The normalized spacial score (nSPS) is 10.6. The number of nitrogen functional groups attached to an aromatic ring is 2. The van der Waals surface area contributed by atoms with Crippen molar-refractivity contribution in [1.29, 1.82) is 0 Å². The molecule has 1 aromatic rings. The van der Waals surface area contributed by atoms with Crippen LogP contribution in [-0.2, 0) is 0 Å². The summed E-state index contributed by atoms with van der Waals surface area (Å²) in [5, 5.41) is 3.23. The summed E-state index contributed by atoms with van der Waals surface area (Å²) in [7, 11) is 0. The summed E-state index contributed by atoms with van der Waals surface area (Å²) in [5.74, 6) is 0. The molecule has 0 bridgehead atoms. The molecule has 0 saturated carbocycles. The summed E-state index contributed by atoms with van der Waals surface area (Å²) in [6.45, 7) is 2.93. The minimum atomic E-state index is 0.620. The molecule has 0 heterocycles. The molecule has 0 unspecified atom stereocenters. The van der Waals surface area contributed by atoms with E-state index in [0.717, 1.165) is 18.7 Å². The minimum Gasteiger partial charge on any atom is -0.397 e. The maximum atomic E-state index is 5.67. The van der Waals surface area contributed by atoms with Crippen LogP contribution in [0, 0.1) is 0 Å². The van der Waals surface area contributed by atoms with Crippen molar-refractivity contribution in [1.82, 2.24) is 0 Å². The van der Waals surface area contributed by atoms with Crippen LogP contribution >= 0.6 is 0 Å². The van der Waals surface area contributed by atoms with Crippen LogP contribution in [0.2, 0.25) is 0 Å². The second-order valence-electron chi connectivity index (χ2n) is 3.10. The average Bonchev–Trinajstić information content (AvgIpc) is 2.18. The van der Waals surface area contributed by atoms with Gasteiger partial charge in [0.25, 0.3) is 0 Å². The van der Waals surface area contributed by atoms with E-state index in [0.29, 0.717) is 11.4 Å². The first-order valence-electron chi connectivity index (χ1n) is 4.78. The number of rotatable bonds is 4. The molecule has 0 aliphatic carbocycles. The van der Waals surface area contributed by atoms with E-state index in [2.05, 4.69) is 24.4 Å². The van der Waals surface area contributed by atoms with Crippen LogP contribution in [0.15, 0.2) is 30.4 Å². The van der Waals surface area contributed by atoms with E-state index in [9.17, 15) is 0 Å². The fraction of sp³-hybridized carbons (Fsp3) is 0.273. The van der Waals surface area contributed by atoms with Crippen molar-refractivity contribution in [2.75, 3.05) is 23.3 Å². The number of anilines is 3. The zero-order valence-corrected chi connectivity index (χ0v) is 8.46. The molecule has 0 aromatic heterocycles. The Kier molecular flexibility index (Phi) is 3.85. The van der Waals surface area contributed by atoms with Gasteiger partial charge >= 0.3 is 0 Å². The summed E-state index contributed by atoms with van der Waals surface area (Å²) in [6, 6.07) is 5.57. The van der Waals surface area contributed by atoms with Gasteiger partial charge in [0.05, 0.1) is 11.4 Å². The smallest absolute Gasteiger partial charge is 0.0568 e. The summed E-state index contributed by atoms with van der Waals surface area (Å²) < 4.78 is 0. The molecule has 0 amide bonds. The van der Waals surface area contributed by atoms with Crippen LogP contribution < -0.4 is 16.8 Å². The topological polar surface area (TPSA) is 64.1 Å². The van der Waals surface area contributed by atoms with Gasteiger partial charge < -0.3 is 16.8 Å². The number of benzene rings is 1. The Hall–Kier alpha value is -1.64. The van der Waals surface area contributed by atoms with E-state index in [-0.39, 0.29) is 0 Å². The van der Waals surface area contributed by atoms with Gasteiger partial charge in [0, 0.05) is 12.2 Å². The van der Waals surface area contributed by atoms with Gasteiger partial charge in [-0.2, -0.15) is 0 Å². The van der Waals surface area contributed by atoms with Gasteiger partial charge in [0.1, 0.15) is 0 Å². The maximum absolute atomic E-state index is 5.67. The molecule has 0 spiro atoms. The molecule has 0 aliphatic heterocycles. The standard InChI is InChI=1S/C11H17N3/c1-2-3-4-7-14-9-5-6-10(12)11(13)8-9/h3-6,8,14H,2,7,12-13H2,1H3/b4-3+. The fourth-order valence-electron chi connectivity index (χ4n) is 1.11. The number of nitrogens with two attached hydrogens (primary N) is 2. The second-order valence-corrected chi connectivity index (χ2v) is 3.10. The lowest BCUT2D eigenvalue weighted by Gasteiger charge is -2.05. The lowest BCUT2D eigenvalue weighted by Crippen LogP contribution is -2.00. The van der Waals surface area contributed by atoms with E-state index >= 15 is 0 Å². The largest absolute Gasteiger partial charge is 0.397 e. The Morgan fingerprint density at radius 2 is 2.00 bits per heavy atom. The molecule has 3 nitrogen and oxygen atoms in total. The van der Waals surface area contributed by atoms with Crippen molar-refractivity contribution in [2.24, 2.45) is 0 Å². The first kappa shape index (κ1) is 10.4. The molecule has 3 heteroatoms. The van der Waals surface area contributed by atoms with Crippen LogP contribution in [0.25, 0.3) is 0 Å². The molecule has 0 atom stereocenters. The van der Waals surface area contributed by atoms with Crippen molar-refractivity contribution < 1.29 is 0 Å². The van der Waals surface area contributed by atoms with Crippen LogP contribution in [0.5, 0.6) is 0 Å². The molecular weight excluding hydrogens is 174 g/mol. The number of nitrogens with one attached hydrogen (secondary N) is 1. The zero-order chi connectivity index (χ0) is 10.4. The SMILES string of the molecule is CC/C=C/CNc1ccc(N)c(N)c1. The Labute approximate surface area is 84.8 Å². The fourth-order valence-corrected chi connectivity index (χ4v) is 1.11. The highest BCUT2D eigenvalue weighted by atomic mass is 14.9. The zero-order valence-electron chi connectivity index (χ0n) is 8.46.